The summed E-state index contributed by atoms with van der Waals surface area (Å²) in [6, 6.07) is 6.39. The summed E-state index contributed by atoms with van der Waals surface area (Å²) in [6.07, 6.45) is 0.970. The van der Waals surface area contributed by atoms with Gasteiger partial charge in [-0.1, -0.05) is 12.1 Å². The van der Waals surface area contributed by atoms with E-state index in [1.54, 1.807) is 6.07 Å². The standard InChI is InChI=1S/C11H14FNO/c12-10-3-1-2-8(6-10)11(13)9-4-5-14-7-9/h1-3,6,9,11H,4-5,7,13H2. The van der Waals surface area contributed by atoms with Crippen LogP contribution < -0.4 is 5.73 Å². The molecule has 0 aromatic heterocycles. The van der Waals surface area contributed by atoms with E-state index in [1.807, 2.05) is 6.07 Å². The summed E-state index contributed by atoms with van der Waals surface area (Å²) in [4.78, 5) is 0. The van der Waals surface area contributed by atoms with Gasteiger partial charge >= 0.3 is 0 Å². The highest BCUT2D eigenvalue weighted by Gasteiger charge is 2.23. The smallest absolute Gasteiger partial charge is 0.123 e. The molecule has 1 fully saturated rings. The SMILES string of the molecule is NC(c1cccc(F)c1)C1CCOC1. The highest BCUT2D eigenvalue weighted by Crippen LogP contribution is 2.26. The molecule has 2 atom stereocenters. The van der Waals surface area contributed by atoms with Crippen molar-refractivity contribution in [1.82, 2.24) is 0 Å². The molecule has 1 aromatic carbocycles. The zero-order chi connectivity index (χ0) is 9.97. The Morgan fingerprint density at radius 1 is 1.50 bits per heavy atom. The molecule has 1 aliphatic rings. The third kappa shape index (κ3) is 1.94. The van der Waals surface area contributed by atoms with Crippen molar-refractivity contribution in [2.45, 2.75) is 12.5 Å². The van der Waals surface area contributed by atoms with Crippen LogP contribution in [0.2, 0.25) is 0 Å². The quantitative estimate of drug-likeness (QED) is 0.781. The predicted octanol–water partition coefficient (Wildman–Crippen LogP) is 1.86. The third-order valence-electron chi connectivity index (χ3n) is 2.71. The van der Waals surface area contributed by atoms with Crippen molar-refractivity contribution >= 4 is 0 Å². The van der Waals surface area contributed by atoms with E-state index in [2.05, 4.69) is 0 Å². The maximum absolute atomic E-state index is 12.9. The molecule has 2 N–H and O–H groups in total. The number of nitrogens with two attached hydrogens (primary N) is 1. The van der Waals surface area contributed by atoms with Gasteiger partial charge < -0.3 is 10.5 Å². The number of ether oxygens (including phenoxy) is 1. The summed E-state index contributed by atoms with van der Waals surface area (Å²) in [6.45, 7) is 1.46. The van der Waals surface area contributed by atoms with Crippen LogP contribution in [0.5, 0.6) is 0 Å². The predicted molar refractivity (Wildman–Crippen MR) is 52.3 cm³/mol. The fourth-order valence-corrected chi connectivity index (χ4v) is 1.82. The van der Waals surface area contributed by atoms with Gasteiger partial charge in [-0.2, -0.15) is 0 Å². The van der Waals surface area contributed by atoms with Crippen LogP contribution in [0.4, 0.5) is 4.39 Å². The Labute approximate surface area is 82.9 Å². The van der Waals surface area contributed by atoms with Crippen LogP contribution in [0.3, 0.4) is 0 Å². The molecule has 0 aliphatic carbocycles. The van der Waals surface area contributed by atoms with Crippen LogP contribution in [0, 0.1) is 11.7 Å². The van der Waals surface area contributed by atoms with Gasteiger partial charge in [0, 0.05) is 18.6 Å². The second-order valence-corrected chi connectivity index (χ2v) is 3.70. The molecule has 2 unspecified atom stereocenters. The number of hydrogen-bond donors (Lipinski definition) is 1. The summed E-state index contributed by atoms with van der Waals surface area (Å²) in [5.74, 6) is 0.105. The van der Waals surface area contributed by atoms with Gasteiger partial charge in [0.2, 0.25) is 0 Å². The van der Waals surface area contributed by atoms with Gasteiger partial charge in [-0.25, -0.2) is 4.39 Å². The molecule has 1 saturated heterocycles. The minimum absolute atomic E-state index is 0.104. The number of benzene rings is 1. The minimum atomic E-state index is -0.225. The normalized spacial score (nSPS) is 23.7. The third-order valence-corrected chi connectivity index (χ3v) is 2.71. The molecule has 2 rings (SSSR count). The van der Waals surface area contributed by atoms with Gasteiger partial charge in [-0.3, -0.25) is 0 Å². The molecule has 1 aliphatic heterocycles. The van der Waals surface area contributed by atoms with Crippen molar-refractivity contribution < 1.29 is 9.13 Å². The first-order chi connectivity index (χ1) is 6.77. The lowest BCUT2D eigenvalue weighted by Gasteiger charge is -2.17. The Balaban J connectivity index is 2.13. The monoisotopic (exact) mass is 195 g/mol. The second-order valence-electron chi connectivity index (χ2n) is 3.70. The Morgan fingerprint density at radius 3 is 3.00 bits per heavy atom. The van der Waals surface area contributed by atoms with Gasteiger partial charge in [-0.05, 0) is 24.1 Å². The summed E-state index contributed by atoms with van der Waals surface area (Å²) in [7, 11) is 0. The van der Waals surface area contributed by atoms with Crippen LogP contribution in [0.15, 0.2) is 24.3 Å². The van der Waals surface area contributed by atoms with E-state index < -0.39 is 0 Å². The van der Waals surface area contributed by atoms with Gasteiger partial charge in [0.1, 0.15) is 5.82 Å². The van der Waals surface area contributed by atoms with Crippen LogP contribution in [-0.4, -0.2) is 13.2 Å². The van der Waals surface area contributed by atoms with E-state index in [9.17, 15) is 4.39 Å². The number of hydrogen-bond acceptors (Lipinski definition) is 2. The topological polar surface area (TPSA) is 35.2 Å². The van der Waals surface area contributed by atoms with Gasteiger partial charge in [0.25, 0.3) is 0 Å². The fourth-order valence-electron chi connectivity index (χ4n) is 1.82. The molecule has 0 radical (unpaired) electrons. The summed E-state index contributed by atoms with van der Waals surface area (Å²) in [5.41, 5.74) is 6.88. The van der Waals surface area contributed by atoms with Gasteiger partial charge in [0.15, 0.2) is 0 Å². The molecule has 0 saturated carbocycles. The van der Waals surface area contributed by atoms with Crippen molar-refractivity contribution in [2.24, 2.45) is 11.7 Å². The van der Waals surface area contributed by atoms with E-state index in [4.69, 9.17) is 10.5 Å². The average Bonchev–Trinajstić information content (AvgIpc) is 2.69. The maximum atomic E-state index is 12.9. The highest BCUT2D eigenvalue weighted by molar-refractivity contribution is 5.20. The lowest BCUT2D eigenvalue weighted by atomic mass is 9.93. The fraction of sp³-hybridized carbons (Fsp3) is 0.455. The molecular weight excluding hydrogens is 181 g/mol. The first kappa shape index (κ1) is 9.62. The molecule has 1 heterocycles. The molecule has 1 aromatic rings. The Bertz CT molecular complexity index is 310. The van der Waals surface area contributed by atoms with Crippen molar-refractivity contribution in [2.75, 3.05) is 13.2 Å². The largest absolute Gasteiger partial charge is 0.381 e. The van der Waals surface area contributed by atoms with Crippen molar-refractivity contribution in [3.05, 3.63) is 35.6 Å². The lowest BCUT2D eigenvalue weighted by Crippen LogP contribution is -2.21. The van der Waals surface area contributed by atoms with E-state index in [0.29, 0.717) is 12.5 Å². The Hall–Kier alpha value is -0.930. The van der Waals surface area contributed by atoms with E-state index in [-0.39, 0.29) is 11.9 Å². The molecule has 0 amide bonds. The highest BCUT2D eigenvalue weighted by atomic mass is 19.1. The zero-order valence-corrected chi connectivity index (χ0v) is 7.95. The molecule has 3 heteroatoms. The summed E-state index contributed by atoms with van der Waals surface area (Å²) in [5, 5.41) is 0. The zero-order valence-electron chi connectivity index (χ0n) is 7.95. The van der Waals surface area contributed by atoms with Crippen LogP contribution in [0.25, 0.3) is 0 Å². The molecule has 2 nitrogen and oxygen atoms in total. The average molecular weight is 195 g/mol. The first-order valence-corrected chi connectivity index (χ1v) is 4.86. The number of rotatable bonds is 2. The summed E-state index contributed by atoms with van der Waals surface area (Å²) >= 11 is 0. The molecule has 0 spiro atoms. The second kappa shape index (κ2) is 4.07. The summed E-state index contributed by atoms with van der Waals surface area (Å²) < 4.78 is 18.2. The molecule has 0 bridgehead atoms. The molecular formula is C11H14FNO. The minimum Gasteiger partial charge on any atom is -0.381 e. The van der Waals surface area contributed by atoms with Crippen molar-refractivity contribution in [1.29, 1.82) is 0 Å². The lowest BCUT2D eigenvalue weighted by molar-refractivity contribution is 0.181. The van der Waals surface area contributed by atoms with Crippen molar-refractivity contribution in [3.8, 4) is 0 Å². The van der Waals surface area contributed by atoms with Gasteiger partial charge in [0.05, 0.1) is 6.61 Å². The van der Waals surface area contributed by atoms with Crippen LogP contribution in [-0.2, 0) is 4.74 Å². The van der Waals surface area contributed by atoms with Crippen LogP contribution in [0.1, 0.15) is 18.0 Å². The Morgan fingerprint density at radius 2 is 2.36 bits per heavy atom. The first-order valence-electron chi connectivity index (χ1n) is 4.86. The molecule has 76 valence electrons. The number of halogens is 1. The van der Waals surface area contributed by atoms with E-state index in [0.717, 1.165) is 18.6 Å². The van der Waals surface area contributed by atoms with E-state index in [1.165, 1.54) is 12.1 Å². The maximum Gasteiger partial charge on any atom is 0.123 e. The molecule has 14 heavy (non-hydrogen) atoms. The van der Waals surface area contributed by atoms with Crippen molar-refractivity contribution in [3.63, 3.8) is 0 Å². The Kier molecular flexibility index (Phi) is 2.79. The van der Waals surface area contributed by atoms with Gasteiger partial charge in [-0.15, -0.1) is 0 Å². The van der Waals surface area contributed by atoms with E-state index >= 15 is 0 Å². The van der Waals surface area contributed by atoms with Crippen LogP contribution >= 0.6 is 0 Å².